The van der Waals surface area contributed by atoms with Gasteiger partial charge in [0.15, 0.2) is 0 Å². The molecule has 0 fully saturated rings. The molecule has 31 heavy (non-hydrogen) atoms. The molecular weight excluding hydrogens is 424 g/mol. The van der Waals surface area contributed by atoms with Crippen molar-refractivity contribution in [1.82, 2.24) is 0 Å². The van der Waals surface area contributed by atoms with Crippen molar-refractivity contribution in [2.24, 2.45) is 0 Å². The summed E-state index contributed by atoms with van der Waals surface area (Å²) in [5.41, 5.74) is -1.85. The number of nitro benzene ring substituents is 1. The number of rotatable bonds is 4. The van der Waals surface area contributed by atoms with Gasteiger partial charge in [-0.3, -0.25) is 10.1 Å². The lowest BCUT2D eigenvalue weighted by atomic mass is 9.71. The zero-order valence-electron chi connectivity index (χ0n) is 16.0. The van der Waals surface area contributed by atoms with Crippen LogP contribution in [-0.2, 0) is 17.8 Å². The molecule has 3 aromatic rings. The SMILES string of the molecule is CC(c1ccc([N+](=O)[O-])cc1)(c1ccc(C(F)(F)F)cc1)c1ccc(C(F)(F)F)cc1. The standard InChI is InChI=1S/C22H15F6NO2/c1-20(16-10-12-19(13-11-16)29(30)31,14-2-6-17(7-3-14)21(23,24)25)15-4-8-18(9-5-15)22(26,27)28/h2-13H,1H3. The van der Waals surface area contributed by atoms with Gasteiger partial charge < -0.3 is 0 Å². The van der Waals surface area contributed by atoms with Gasteiger partial charge in [0.25, 0.3) is 5.69 Å². The van der Waals surface area contributed by atoms with E-state index in [0.717, 1.165) is 24.3 Å². The normalized spacial score (nSPS) is 12.6. The van der Waals surface area contributed by atoms with E-state index in [4.69, 9.17) is 0 Å². The molecule has 162 valence electrons. The summed E-state index contributed by atoms with van der Waals surface area (Å²) in [6.45, 7) is 1.64. The molecule has 0 aliphatic heterocycles. The molecule has 0 aliphatic rings. The van der Waals surface area contributed by atoms with Gasteiger partial charge in [-0.15, -0.1) is 0 Å². The van der Waals surface area contributed by atoms with Crippen LogP contribution in [0, 0.1) is 10.1 Å². The van der Waals surface area contributed by atoms with Gasteiger partial charge in [0, 0.05) is 17.5 Å². The number of hydrogen-bond acceptors (Lipinski definition) is 2. The highest BCUT2D eigenvalue weighted by molar-refractivity contribution is 5.52. The first-order valence-electron chi connectivity index (χ1n) is 8.94. The number of nitrogens with zero attached hydrogens (tertiary/aromatic N) is 1. The molecule has 0 aromatic heterocycles. The second kappa shape index (κ2) is 7.72. The highest BCUT2D eigenvalue weighted by Crippen LogP contribution is 2.41. The third-order valence-electron chi connectivity index (χ3n) is 5.23. The van der Waals surface area contributed by atoms with Crippen molar-refractivity contribution < 1.29 is 31.3 Å². The average molecular weight is 439 g/mol. The van der Waals surface area contributed by atoms with E-state index in [0.29, 0.717) is 16.7 Å². The van der Waals surface area contributed by atoms with Crippen LogP contribution in [0.5, 0.6) is 0 Å². The molecule has 0 aliphatic carbocycles. The van der Waals surface area contributed by atoms with Gasteiger partial charge in [-0.2, -0.15) is 26.3 Å². The lowest BCUT2D eigenvalue weighted by Gasteiger charge is -2.32. The summed E-state index contributed by atoms with van der Waals surface area (Å²) in [6.07, 6.45) is -9.09. The molecule has 9 heteroatoms. The Hall–Kier alpha value is -3.36. The lowest BCUT2D eigenvalue weighted by molar-refractivity contribution is -0.384. The Bertz CT molecular complexity index is 1010. The minimum absolute atomic E-state index is 0.189. The van der Waals surface area contributed by atoms with Gasteiger partial charge >= 0.3 is 12.4 Å². The molecule has 0 bridgehead atoms. The van der Waals surface area contributed by atoms with Gasteiger partial charge in [-0.1, -0.05) is 36.4 Å². The van der Waals surface area contributed by atoms with Crippen LogP contribution in [0.1, 0.15) is 34.7 Å². The summed E-state index contributed by atoms with van der Waals surface area (Å²) >= 11 is 0. The highest BCUT2D eigenvalue weighted by Gasteiger charge is 2.36. The summed E-state index contributed by atoms with van der Waals surface area (Å²) in [5, 5.41) is 11.0. The van der Waals surface area contributed by atoms with Crippen molar-refractivity contribution in [2.75, 3.05) is 0 Å². The molecule has 0 radical (unpaired) electrons. The maximum absolute atomic E-state index is 13.0. The first-order valence-corrected chi connectivity index (χ1v) is 8.94. The van der Waals surface area contributed by atoms with Gasteiger partial charge in [0.1, 0.15) is 0 Å². The summed E-state index contributed by atoms with van der Waals surface area (Å²) < 4.78 is 77.8. The monoisotopic (exact) mass is 439 g/mol. The molecule has 0 spiro atoms. The third-order valence-corrected chi connectivity index (χ3v) is 5.23. The van der Waals surface area contributed by atoms with Crippen LogP contribution in [0.2, 0.25) is 0 Å². The summed E-state index contributed by atoms with van der Waals surface area (Å²) in [6, 6.07) is 13.9. The first-order chi connectivity index (χ1) is 14.3. The zero-order valence-corrected chi connectivity index (χ0v) is 16.0. The van der Waals surface area contributed by atoms with E-state index in [1.54, 1.807) is 6.92 Å². The lowest BCUT2D eigenvalue weighted by Crippen LogP contribution is -2.26. The molecule has 0 N–H and O–H groups in total. The Morgan fingerprint density at radius 3 is 1.10 bits per heavy atom. The predicted molar refractivity (Wildman–Crippen MR) is 102 cm³/mol. The van der Waals surface area contributed by atoms with E-state index in [-0.39, 0.29) is 5.69 Å². The minimum atomic E-state index is -4.54. The molecule has 0 saturated heterocycles. The molecule has 0 amide bonds. The predicted octanol–water partition coefficient (Wildman–Crippen LogP) is 6.99. The van der Waals surface area contributed by atoms with Crippen molar-refractivity contribution in [3.05, 3.63) is 111 Å². The van der Waals surface area contributed by atoms with E-state index in [9.17, 15) is 36.5 Å². The van der Waals surface area contributed by atoms with Crippen molar-refractivity contribution in [2.45, 2.75) is 24.7 Å². The van der Waals surface area contributed by atoms with Crippen molar-refractivity contribution in [3.63, 3.8) is 0 Å². The number of nitro groups is 1. The van der Waals surface area contributed by atoms with Crippen LogP contribution in [0.3, 0.4) is 0 Å². The molecule has 3 rings (SSSR count). The van der Waals surface area contributed by atoms with Gasteiger partial charge in [0.05, 0.1) is 16.1 Å². The van der Waals surface area contributed by atoms with Crippen molar-refractivity contribution in [3.8, 4) is 0 Å². The average Bonchev–Trinajstić information content (AvgIpc) is 2.72. The Labute approximate surface area is 173 Å². The quantitative estimate of drug-likeness (QED) is 0.190. The fourth-order valence-electron chi connectivity index (χ4n) is 3.40. The van der Waals surface area contributed by atoms with E-state index in [1.165, 1.54) is 48.5 Å². The Kier molecular flexibility index (Phi) is 5.56. The van der Waals surface area contributed by atoms with E-state index < -0.39 is 33.8 Å². The van der Waals surface area contributed by atoms with Crippen LogP contribution >= 0.6 is 0 Å². The van der Waals surface area contributed by atoms with Crippen LogP contribution in [0.25, 0.3) is 0 Å². The van der Waals surface area contributed by atoms with Gasteiger partial charge in [0.2, 0.25) is 0 Å². The third kappa shape index (κ3) is 4.40. The Morgan fingerprint density at radius 2 is 0.839 bits per heavy atom. The largest absolute Gasteiger partial charge is 0.416 e. The van der Waals surface area contributed by atoms with Crippen LogP contribution < -0.4 is 0 Å². The maximum atomic E-state index is 13.0. The zero-order chi connectivity index (χ0) is 23.0. The highest BCUT2D eigenvalue weighted by atomic mass is 19.4. The van der Waals surface area contributed by atoms with Crippen molar-refractivity contribution in [1.29, 1.82) is 0 Å². The minimum Gasteiger partial charge on any atom is -0.258 e. The smallest absolute Gasteiger partial charge is 0.258 e. The Balaban J connectivity index is 2.17. The molecule has 0 unspecified atom stereocenters. The van der Waals surface area contributed by atoms with Gasteiger partial charge in [-0.25, -0.2) is 0 Å². The Morgan fingerprint density at radius 1 is 0.581 bits per heavy atom. The van der Waals surface area contributed by atoms with E-state index in [2.05, 4.69) is 0 Å². The van der Waals surface area contributed by atoms with E-state index in [1.807, 2.05) is 0 Å². The topological polar surface area (TPSA) is 43.1 Å². The summed E-state index contributed by atoms with van der Waals surface area (Å²) in [4.78, 5) is 10.4. The van der Waals surface area contributed by atoms with Crippen LogP contribution in [0.4, 0.5) is 32.0 Å². The number of halogens is 6. The summed E-state index contributed by atoms with van der Waals surface area (Å²) in [5.74, 6) is 0. The number of non-ortho nitro benzene ring substituents is 1. The fraction of sp³-hybridized carbons (Fsp3) is 0.182. The molecule has 0 heterocycles. The van der Waals surface area contributed by atoms with E-state index >= 15 is 0 Å². The molecule has 3 aromatic carbocycles. The molecule has 3 nitrogen and oxygen atoms in total. The second-order valence-corrected chi connectivity index (χ2v) is 7.08. The maximum Gasteiger partial charge on any atom is 0.416 e. The van der Waals surface area contributed by atoms with Gasteiger partial charge in [-0.05, 0) is 47.9 Å². The fourth-order valence-corrected chi connectivity index (χ4v) is 3.40. The number of benzene rings is 3. The molecule has 0 atom stereocenters. The summed E-state index contributed by atoms with van der Waals surface area (Å²) in [7, 11) is 0. The van der Waals surface area contributed by atoms with Crippen LogP contribution in [-0.4, -0.2) is 4.92 Å². The first kappa shape index (κ1) is 22.3. The number of alkyl halides is 6. The number of hydrogen-bond donors (Lipinski definition) is 0. The van der Waals surface area contributed by atoms with Crippen LogP contribution in [0.15, 0.2) is 72.8 Å². The second-order valence-electron chi connectivity index (χ2n) is 7.08. The molecule has 0 saturated carbocycles. The van der Waals surface area contributed by atoms with Crippen molar-refractivity contribution >= 4 is 5.69 Å². The molecular formula is C22H15F6NO2.